The number of hydrogen-bond acceptors (Lipinski definition) is 4. The Morgan fingerprint density at radius 1 is 1.41 bits per heavy atom. The SMILES string of the molecule is Cc1ccc2nc(CN3C[C@@H](C)OC(C)(C)C3)cc(=O)n2c1. The van der Waals surface area contributed by atoms with Crippen LogP contribution in [0.2, 0.25) is 0 Å². The minimum atomic E-state index is -0.166. The molecule has 0 N–H and O–H groups in total. The van der Waals surface area contributed by atoms with Gasteiger partial charge in [-0.3, -0.25) is 14.1 Å². The molecule has 5 nitrogen and oxygen atoms in total. The quantitative estimate of drug-likeness (QED) is 0.851. The van der Waals surface area contributed by atoms with Gasteiger partial charge in [0.15, 0.2) is 0 Å². The summed E-state index contributed by atoms with van der Waals surface area (Å²) in [5, 5.41) is 0. The van der Waals surface area contributed by atoms with Crippen molar-refractivity contribution in [1.82, 2.24) is 14.3 Å². The predicted octanol–water partition coefficient (Wildman–Crippen LogP) is 2.00. The van der Waals surface area contributed by atoms with Crippen molar-refractivity contribution >= 4 is 5.65 Å². The minimum absolute atomic E-state index is 0.0238. The molecule has 1 saturated heterocycles. The molecule has 1 aliphatic rings. The lowest BCUT2D eigenvalue weighted by Crippen LogP contribution is -2.51. The molecule has 5 heteroatoms. The number of rotatable bonds is 2. The topological polar surface area (TPSA) is 46.8 Å². The summed E-state index contributed by atoms with van der Waals surface area (Å²) in [7, 11) is 0. The second-order valence-corrected chi connectivity index (χ2v) is 6.88. The zero-order valence-corrected chi connectivity index (χ0v) is 13.7. The Balaban J connectivity index is 1.88. The first kappa shape index (κ1) is 15.2. The Labute approximate surface area is 130 Å². The summed E-state index contributed by atoms with van der Waals surface area (Å²) in [5.74, 6) is 0. The molecule has 2 aromatic heterocycles. The molecule has 0 unspecified atom stereocenters. The third kappa shape index (κ3) is 3.20. The van der Waals surface area contributed by atoms with Crippen LogP contribution in [-0.2, 0) is 11.3 Å². The molecule has 1 fully saturated rings. The van der Waals surface area contributed by atoms with E-state index in [4.69, 9.17) is 4.74 Å². The maximum absolute atomic E-state index is 12.3. The van der Waals surface area contributed by atoms with Gasteiger partial charge in [-0.25, -0.2) is 4.98 Å². The predicted molar refractivity (Wildman–Crippen MR) is 86.1 cm³/mol. The van der Waals surface area contributed by atoms with Crippen molar-refractivity contribution < 1.29 is 4.74 Å². The number of fused-ring (bicyclic) bond motifs is 1. The zero-order chi connectivity index (χ0) is 15.9. The monoisotopic (exact) mass is 301 g/mol. The lowest BCUT2D eigenvalue weighted by molar-refractivity contribution is -0.130. The lowest BCUT2D eigenvalue weighted by Gasteiger charge is -2.41. The first-order chi connectivity index (χ1) is 10.3. The number of nitrogens with zero attached hydrogens (tertiary/aromatic N) is 3. The summed E-state index contributed by atoms with van der Waals surface area (Å²) in [6.07, 6.45) is 2.02. The standard InChI is InChI=1S/C17H23N3O2/c1-12-5-6-15-18-14(7-16(21)20(15)8-12)10-19-9-13(2)22-17(3,4)11-19/h5-8,13H,9-11H2,1-4H3/t13-/m1/s1. The smallest absolute Gasteiger partial charge is 0.258 e. The van der Waals surface area contributed by atoms with Crippen LogP contribution in [0, 0.1) is 6.92 Å². The van der Waals surface area contributed by atoms with Gasteiger partial charge < -0.3 is 4.74 Å². The van der Waals surface area contributed by atoms with Crippen LogP contribution in [0.1, 0.15) is 32.0 Å². The highest BCUT2D eigenvalue weighted by molar-refractivity contribution is 5.39. The molecule has 3 rings (SSSR count). The van der Waals surface area contributed by atoms with Crippen molar-refractivity contribution in [3.05, 3.63) is 46.0 Å². The van der Waals surface area contributed by atoms with Gasteiger partial charge in [-0.2, -0.15) is 0 Å². The largest absolute Gasteiger partial charge is 0.370 e. The van der Waals surface area contributed by atoms with Crippen LogP contribution in [0.25, 0.3) is 5.65 Å². The van der Waals surface area contributed by atoms with E-state index < -0.39 is 0 Å². The van der Waals surface area contributed by atoms with Gasteiger partial charge >= 0.3 is 0 Å². The Morgan fingerprint density at radius 3 is 2.91 bits per heavy atom. The van der Waals surface area contributed by atoms with Gasteiger partial charge in [-0.1, -0.05) is 6.07 Å². The summed E-state index contributed by atoms with van der Waals surface area (Å²) < 4.78 is 7.52. The summed E-state index contributed by atoms with van der Waals surface area (Å²) >= 11 is 0. The van der Waals surface area contributed by atoms with Crippen molar-refractivity contribution in [3.63, 3.8) is 0 Å². The van der Waals surface area contributed by atoms with Gasteiger partial charge in [-0.05, 0) is 39.3 Å². The van der Waals surface area contributed by atoms with Gasteiger partial charge in [0, 0.05) is 31.9 Å². The van der Waals surface area contributed by atoms with E-state index in [1.54, 1.807) is 10.5 Å². The fourth-order valence-electron chi connectivity index (χ4n) is 3.27. The minimum Gasteiger partial charge on any atom is -0.370 e. The second kappa shape index (κ2) is 5.48. The first-order valence-electron chi connectivity index (χ1n) is 7.71. The van der Waals surface area contributed by atoms with Gasteiger partial charge in [0.2, 0.25) is 0 Å². The van der Waals surface area contributed by atoms with Crippen LogP contribution in [0.4, 0.5) is 0 Å². The molecule has 2 aromatic rings. The van der Waals surface area contributed by atoms with E-state index >= 15 is 0 Å². The van der Waals surface area contributed by atoms with Gasteiger partial charge in [0.25, 0.3) is 5.56 Å². The van der Waals surface area contributed by atoms with Crippen molar-refractivity contribution in [2.24, 2.45) is 0 Å². The zero-order valence-electron chi connectivity index (χ0n) is 13.7. The molecule has 118 valence electrons. The van der Waals surface area contributed by atoms with Crippen LogP contribution >= 0.6 is 0 Å². The summed E-state index contributed by atoms with van der Waals surface area (Å²) in [4.78, 5) is 19.2. The Morgan fingerprint density at radius 2 is 2.18 bits per heavy atom. The molecule has 0 aliphatic carbocycles. The average Bonchev–Trinajstić information content (AvgIpc) is 2.37. The molecule has 1 atom stereocenters. The molecule has 3 heterocycles. The lowest BCUT2D eigenvalue weighted by atomic mass is 10.1. The van der Waals surface area contributed by atoms with E-state index in [0.29, 0.717) is 12.2 Å². The van der Waals surface area contributed by atoms with E-state index in [0.717, 1.165) is 24.3 Å². The number of ether oxygens (including phenoxy) is 1. The number of aromatic nitrogens is 2. The average molecular weight is 301 g/mol. The van der Waals surface area contributed by atoms with Crippen LogP contribution in [0.3, 0.4) is 0 Å². The highest BCUT2D eigenvalue weighted by Crippen LogP contribution is 2.21. The fraction of sp³-hybridized carbons (Fsp3) is 0.529. The molecule has 0 spiro atoms. The van der Waals surface area contributed by atoms with Crippen molar-refractivity contribution in [2.75, 3.05) is 13.1 Å². The normalized spacial score (nSPS) is 22.1. The van der Waals surface area contributed by atoms with Crippen LogP contribution in [0.15, 0.2) is 29.2 Å². The van der Waals surface area contributed by atoms with E-state index in [9.17, 15) is 4.79 Å². The molecule has 0 saturated carbocycles. The third-order valence-corrected chi connectivity index (χ3v) is 3.89. The molecule has 1 aliphatic heterocycles. The third-order valence-electron chi connectivity index (χ3n) is 3.89. The van der Waals surface area contributed by atoms with Crippen molar-refractivity contribution in [3.8, 4) is 0 Å². The van der Waals surface area contributed by atoms with E-state index in [-0.39, 0.29) is 17.3 Å². The molecular weight excluding hydrogens is 278 g/mol. The van der Waals surface area contributed by atoms with E-state index in [1.165, 1.54) is 0 Å². The number of aryl methyl sites for hydroxylation is 1. The summed E-state index contributed by atoms with van der Waals surface area (Å²) in [6, 6.07) is 5.51. The van der Waals surface area contributed by atoms with Gasteiger partial charge in [-0.15, -0.1) is 0 Å². The Bertz CT molecular complexity index is 751. The first-order valence-corrected chi connectivity index (χ1v) is 7.71. The highest BCUT2D eigenvalue weighted by Gasteiger charge is 2.31. The van der Waals surface area contributed by atoms with Gasteiger partial charge in [0.1, 0.15) is 5.65 Å². The van der Waals surface area contributed by atoms with Crippen molar-refractivity contribution in [2.45, 2.75) is 45.9 Å². The van der Waals surface area contributed by atoms with Crippen LogP contribution < -0.4 is 5.56 Å². The molecule has 22 heavy (non-hydrogen) atoms. The molecular formula is C17H23N3O2. The second-order valence-electron chi connectivity index (χ2n) is 6.88. The van der Waals surface area contributed by atoms with E-state index in [1.807, 2.05) is 25.3 Å². The Hall–Kier alpha value is -1.72. The molecule has 0 bridgehead atoms. The number of pyridine rings is 1. The fourth-order valence-corrected chi connectivity index (χ4v) is 3.27. The van der Waals surface area contributed by atoms with E-state index in [2.05, 4.69) is 30.7 Å². The number of morpholine rings is 1. The Kier molecular flexibility index (Phi) is 3.78. The number of hydrogen-bond donors (Lipinski definition) is 0. The van der Waals surface area contributed by atoms with Gasteiger partial charge in [0.05, 0.1) is 17.4 Å². The van der Waals surface area contributed by atoms with Crippen LogP contribution in [0.5, 0.6) is 0 Å². The molecule has 0 amide bonds. The summed E-state index contributed by atoms with van der Waals surface area (Å²) in [5.41, 5.74) is 2.38. The summed E-state index contributed by atoms with van der Waals surface area (Å²) in [6.45, 7) is 10.6. The highest BCUT2D eigenvalue weighted by atomic mass is 16.5. The molecule has 0 radical (unpaired) electrons. The maximum Gasteiger partial charge on any atom is 0.258 e. The van der Waals surface area contributed by atoms with Crippen molar-refractivity contribution in [1.29, 1.82) is 0 Å². The maximum atomic E-state index is 12.3. The molecule has 0 aromatic carbocycles. The van der Waals surface area contributed by atoms with Crippen LogP contribution in [-0.4, -0.2) is 39.1 Å².